The van der Waals surface area contributed by atoms with Gasteiger partial charge in [-0.2, -0.15) is 4.98 Å². The summed E-state index contributed by atoms with van der Waals surface area (Å²) >= 11 is 0. The van der Waals surface area contributed by atoms with Crippen LogP contribution in [-0.2, 0) is 32.7 Å². The maximum Gasteiger partial charge on any atom is 0.475 e. The molecular formula is C22H34N3O16P. The van der Waals surface area contributed by atoms with Crippen LogP contribution in [0.4, 0.5) is 0 Å². The average molecular weight is 627 g/mol. The van der Waals surface area contributed by atoms with Crippen LogP contribution < -0.4 is 11.4 Å². The van der Waals surface area contributed by atoms with E-state index in [-0.39, 0.29) is 0 Å². The van der Waals surface area contributed by atoms with Crippen LogP contribution in [0.3, 0.4) is 0 Å². The van der Waals surface area contributed by atoms with Crippen LogP contribution in [0, 0.1) is 12.8 Å². The van der Waals surface area contributed by atoms with Gasteiger partial charge >= 0.3 is 19.5 Å². The molecule has 1 aromatic heterocycles. The Morgan fingerprint density at radius 3 is 2.52 bits per heavy atom. The first-order valence-corrected chi connectivity index (χ1v) is 14.1. The molecule has 42 heavy (non-hydrogen) atoms. The highest BCUT2D eigenvalue weighted by atomic mass is 31.2. The number of nitrogens with zero attached hydrogens (tertiary/aromatic N) is 2. The lowest BCUT2D eigenvalue weighted by Gasteiger charge is -2.46. The minimum atomic E-state index is -5.50. The number of ether oxygens (including phenoxy) is 2. The molecule has 10 N–H and O–H groups in total. The molecule has 0 aliphatic carbocycles. The Balaban J connectivity index is 1.79. The van der Waals surface area contributed by atoms with E-state index in [1.165, 1.54) is 12.3 Å². The predicted octanol–water partition coefficient (Wildman–Crippen LogP) is -4.52. The molecule has 0 aromatic carbocycles. The zero-order valence-electron chi connectivity index (χ0n) is 22.1. The fourth-order valence-corrected chi connectivity index (χ4v) is 5.61. The third kappa shape index (κ3) is 7.45. The largest absolute Gasteiger partial charge is 0.477 e. The Hall–Kier alpha value is -2.23. The standard InChI is InChI=1S/C22H34N3O16P/c1-9-2-3-25(21(35)24-9)19-17(32)16(31)14(39-19)8-38-42(36,37)41-22(20(33)34)5-12(28)11(4-10(27)6-23)18(40-22)15(30)13(29)7-26/h2-3,11-19,26,28-32H,4-8,23H2,1H3,(H,33,34)(H,36,37)/t11-,12-,13-,14-,15-,16+,17?,18?,19-,22-/m1/s1. The van der Waals surface area contributed by atoms with Crippen LogP contribution >= 0.6 is 7.82 Å². The van der Waals surface area contributed by atoms with Gasteiger partial charge in [-0.05, 0) is 13.0 Å². The van der Waals surface area contributed by atoms with Gasteiger partial charge in [-0.15, -0.1) is 0 Å². The molecular weight excluding hydrogens is 593 g/mol. The molecule has 11 atom stereocenters. The van der Waals surface area contributed by atoms with Gasteiger partial charge in [-0.25, -0.2) is 18.7 Å². The fraction of sp³-hybridized carbons (Fsp3) is 0.727. The van der Waals surface area contributed by atoms with Crippen LogP contribution in [0.1, 0.15) is 24.8 Å². The van der Waals surface area contributed by atoms with E-state index in [0.29, 0.717) is 5.69 Å². The molecule has 3 unspecified atom stereocenters. The highest BCUT2D eigenvalue weighted by molar-refractivity contribution is 7.47. The maximum atomic E-state index is 12.9. The SMILES string of the molecule is Cc1ccn([C@@H]2O[C@H](COP(=O)(O)O[C@@]3(C(=O)O)C[C@@H](O)[C@@H](CC(=O)CN)C([C@H](O)[C@H](O)CO)O3)[C@H](O)C2O)c(=O)n1. The summed E-state index contributed by atoms with van der Waals surface area (Å²) in [6.45, 7) is -0.983. The number of aromatic nitrogens is 2. The average Bonchev–Trinajstić information content (AvgIpc) is 3.20. The third-order valence-corrected chi connectivity index (χ3v) is 7.90. The Labute approximate surface area is 237 Å². The normalized spacial score (nSPS) is 34.5. The molecule has 2 aliphatic rings. The summed E-state index contributed by atoms with van der Waals surface area (Å²) in [6.07, 6.45) is -14.7. The summed E-state index contributed by atoms with van der Waals surface area (Å²) in [5.74, 6) is -7.28. The zero-order valence-corrected chi connectivity index (χ0v) is 23.0. The van der Waals surface area contributed by atoms with E-state index in [9.17, 15) is 59.6 Å². The first-order chi connectivity index (χ1) is 19.6. The first kappa shape index (κ1) is 34.3. The van der Waals surface area contributed by atoms with Crippen molar-refractivity contribution in [3.05, 3.63) is 28.4 Å². The number of hydrogen-bond acceptors (Lipinski definition) is 16. The van der Waals surface area contributed by atoms with Crippen molar-refractivity contribution in [1.29, 1.82) is 0 Å². The quantitative estimate of drug-likeness (QED) is 0.0930. The fourth-order valence-electron chi connectivity index (χ4n) is 4.65. The van der Waals surface area contributed by atoms with Crippen molar-refractivity contribution in [1.82, 2.24) is 9.55 Å². The summed E-state index contributed by atoms with van der Waals surface area (Å²) in [5, 5.41) is 71.0. The Morgan fingerprint density at radius 2 is 1.95 bits per heavy atom. The molecule has 2 aliphatic heterocycles. The summed E-state index contributed by atoms with van der Waals surface area (Å²) < 4.78 is 34.1. The molecule has 1 aromatic rings. The van der Waals surface area contributed by atoms with Crippen LogP contribution in [0.15, 0.2) is 17.1 Å². The number of aliphatic hydroxyl groups is 6. The van der Waals surface area contributed by atoms with Gasteiger partial charge in [0.25, 0.3) is 5.79 Å². The van der Waals surface area contributed by atoms with Gasteiger partial charge in [0, 0.05) is 30.7 Å². The molecule has 2 fully saturated rings. The minimum Gasteiger partial charge on any atom is -0.477 e. The van der Waals surface area contributed by atoms with Crippen LogP contribution in [0.2, 0.25) is 0 Å². The number of carboxylic acids is 1. The number of carbonyl (C=O) groups excluding carboxylic acids is 1. The van der Waals surface area contributed by atoms with Gasteiger partial charge in [0.15, 0.2) is 6.23 Å². The van der Waals surface area contributed by atoms with Crippen molar-refractivity contribution >= 4 is 19.6 Å². The molecule has 0 spiro atoms. The Morgan fingerprint density at radius 1 is 1.29 bits per heavy atom. The summed E-state index contributed by atoms with van der Waals surface area (Å²) in [6, 6.07) is 1.42. The van der Waals surface area contributed by atoms with E-state index >= 15 is 0 Å². The number of ketones is 1. The molecule has 238 valence electrons. The first-order valence-electron chi connectivity index (χ1n) is 12.6. The number of aliphatic carboxylic acids is 1. The molecule has 20 heteroatoms. The Kier molecular flexibility index (Phi) is 11.1. The molecule has 3 rings (SSSR count). The van der Waals surface area contributed by atoms with Gasteiger partial charge in [0.2, 0.25) is 0 Å². The third-order valence-electron chi connectivity index (χ3n) is 6.90. The van der Waals surface area contributed by atoms with E-state index in [1.807, 2.05) is 0 Å². The number of aliphatic hydroxyl groups excluding tert-OH is 6. The van der Waals surface area contributed by atoms with E-state index in [4.69, 9.17) is 24.3 Å². The lowest BCUT2D eigenvalue weighted by atomic mass is 9.80. The Bertz CT molecular complexity index is 1230. The number of hydrogen-bond donors (Lipinski definition) is 9. The van der Waals surface area contributed by atoms with Gasteiger partial charge in [0.05, 0.1) is 32.0 Å². The highest BCUT2D eigenvalue weighted by Gasteiger charge is 2.58. The molecule has 0 amide bonds. The maximum absolute atomic E-state index is 12.9. The number of rotatable bonds is 13. The second kappa shape index (κ2) is 13.6. The molecule has 2 saturated heterocycles. The summed E-state index contributed by atoms with van der Waals surface area (Å²) in [7, 11) is -5.50. The minimum absolute atomic E-state index is 0.364. The second-order valence-corrected chi connectivity index (χ2v) is 11.3. The van der Waals surface area contributed by atoms with Crippen LogP contribution in [0.5, 0.6) is 0 Å². The van der Waals surface area contributed by atoms with E-state index in [0.717, 1.165) is 4.57 Å². The number of carbonyl (C=O) groups is 2. The highest BCUT2D eigenvalue weighted by Crippen LogP contribution is 2.52. The van der Waals surface area contributed by atoms with Crippen molar-refractivity contribution < 1.29 is 73.3 Å². The molecule has 0 saturated carbocycles. The lowest BCUT2D eigenvalue weighted by molar-refractivity contribution is -0.298. The number of phosphoric ester groups is 1. The van der Waals surface area contributed by atoms with E-state index in [1.54, 1.807) is 6.92 Å². The van der Waals surface area contributed by atoms with Crippen LogP contribution in [0.25, 0.3) is 0 Å². The monoisotopic (exact) mass is 627 g/mol. The van der Waals surface area contributed by atoms with Gasteiger partial charge < -0.3 is 55.8 Å². The smallest absolute Gasteiger partial charge is 0.475 e. The van der Waals surface area contributed by atoms with Gasteiger partial charge in [-0.3, -0.25) is 13.9 Å². The summed E-state index contributed by atoms with van der Waals surface area (Å²) in [5.41, 5.74) is 4.83. The molecule has 19 nitrogen and oxygen atoms in total. The zero-order chi connectivity index (χ0) is 31.6. The topological polar surface area (TPSA) is 311 Å². The molecule has 3 heterocycles. The van der Waals surface area contributed by atoms with Crippen molar-refractivity contribution in [3.63, 3.8) is 0 Å². The predicted molar refractivity (Wildman–Crippen MR) is 133 cm³/mol. The number of carboxylic acid groups (broad SMARTS) is 1. The van der Waals surface area contributed by atoms with Crippen molar-refractivity contribution in [2.75, 3.05) is 19.8 Å². The lowest BCUT2D eigenvalue weighted by Crippen LogP contribution is -2.62. The number of aryl methyl sites for hydroxylation is 1. The summed E-state index contributed by atoms with van der Waals surface area (Å²) in [4.78, 5) is 50.4. The second-order valence-electron chi connectivity index (χ2n) is 9.92. The van der Waals surface area contributed by atoms with Gasteiger partial charge in [0.1, 0.15) is 36.3 Å². The van der Waals surface area contributed by atoms with Crippen molar-refractivity contribution in [2.45, 2.75) is 74.5 Å². The van der Waals surface area contributed by atoms with Crippen molar-refractivity contribution in [2.24, 2.45) is 11.7 Å². The molecule has 0 bridgehead atoms. The number of nitrogens with two attached hydrogens (primary N) is 1. The van der Waals surface area contributed by atoms with E-state index < -0.39 is 119 Å². The van der Waals surface area contributed by atoms with Gasteiger partial charge in [-0.1, -0.05) is 0 Å². The van der Waals surface area contributed by atoms with Crippen LogP contribution in [-0.4, -0.2) is 130 Å². The molecule has 0 radical (unpaired) electrons. The van der Waals surface area contributed by atoms with E-state index in [2.05, 4.69) is 4.98 Å². The number of phosphoric acid groups is 1. The van der Waals surface area contributed by atoms with Crippen molar-refractivity contribution in [3.8, 4) is 0 Å². The number of Topliss-reactive ketones (excluding diaryl/α,β-unsaturated/α-hetero) is 1.